The first-order valence-corrected chi connectivity index (χ1v) is 9.30. The van der Waals surface area contributed by atoms with Crippen LogP contribution in [0.2, 0.25) is 0 Å². The number of fused-ring (bicyclic) bond motifs is 1. The zero-order valence-corrected chi connectivity index (χ0v) is 15.7. The molecular weight excluding hydrogens is 382 g/mol. The SMILES string of the molecule is CN1CCC(c2ccccc2F)c2ccc(-c3ccc(C(F)(F)F)nn3)cc2C1. The lowest BCUT2D eigenvalue weighted by molar-refractivity contribution is -0.141. The van der Waals surface area contributed by atoms with Gasteiger partial charge < -0.3 is 4.90 Å². The Morgan fingerprint density at radius 3 is 2.45 bits per heavy atom. The lowest BCUT2D eigenvalue weighted by atomic mass is 9.85. The van der Waals surface area contributed by atoms with Gasteiger partial charge in [-0.2, -0.15) is 13.2 Å². The van der Waals surface area contributed by atoms with Crippen LogP contribution in [0.4, 0.5) is 17.6 Å². The monoisotopic (exact) mass is 401 g/mol. The summed E-state index contributed by atoms with van der Waals surface area (Å²) in [7, 11) is 2.00. The van der Waals surface area contributed by atoms with Crippen molar-refractivity contribution in [2.24, 2.45) is 0 Å². The van der Waals surface area contributed by atoms with Crippen molar-refractivity contribution in [3.63, 3.8) is 0 Å². The smallest absolute Gasteiger partial charge is 0.302 e. The molecule has 2 heterocycles. The Kier molecular flexibility index (Phi) is 5.08. The maximum atomic E-state index is 14.5. The molecule has 0 saturated carbocycles. The zero-order chi connectivity index (χ0) is 20.6. The van der Waals surface area contributed by atoms with E-state index in [4.69, 9.17) is 0 Å². The second-order valence-corrected chi connectivity index (χ2v) is 7.32. The normalized spacial score (nSPS) is 17.6. The highest BCUT2D eigenvalue weighted by atomic mass is 19.4. The van der Waals surface area contributed by atoms with E-state index in [2.05, 4.69) is 15.1 Å². The average Bonchev–Trinajstić information content (AvgIpc) is 2.85. The predicted octanol–water partition coefficient (Wildman–Crippen LogP) is 5.27. The molecule has 0 fully saturated rings. The van der Waals surface area contributed by atoms with Crippen LogP contribution in [0.5, 0.6) is 0 Å². The average molecular weight is 401 g/mol. The molecule has 1 aliphatic rings. The maximum Gasteiger partial charge on any atom is 0.435 e. The standard InChI is InChI=1S/C22H19F4N3/c1-29-11-10-17(18-4-2-3-5-19(18)23)16-7-6-14(12-15(16)13-29)20-8-9-21(28-27-20)22(24,25)26/h2-9,12,17H,10-11,13H2,1H3. The summed E-state index contributed by atoms with van der Waals surface area (Å²) < 4.78 is 52.7. The highest BCUT2D eigenvalue weighted by Crippen LogP contribution is 2.37. The molecule has 2 aromatic carbocycles. The molecule has 0 spiro atoms. The molecule has 0 bridgehead atoms. The Labute approximate surface area is 166 Å². The van der Waals surface area contributed by atoms with Gasteiger partial charge in [-0.05, 0) is 61.0 Å². The van der Waals surface area contributed by atoms with Crippen molar-refractivity contribution >= 4 is 0 Å². The van der Waals surface area contributed by atoms with Gasteiger partial charge in [0, 0.05) is 18.0 Å². The number of hydrogen-bond acceptors (Lipinski definition) is 3. The summed E-state index contributed by atoms with van der Waals surface area (Å²) in [5.41, 5.74) is 2.74. The number of hydrogen-bond donors (Lipinski definition) is 0. The van der Waals surface area contributed by atoms with E-state index < -0.39 is 11.9 Å². The van der Waals surface area contributed by atoms with Crippen LogP contribution >= 0.6 is 0 Å². The first-order chi connectivity index (χ1) is 13.8. The van der Waals surface area contributed by atoms with Gasteiger partial charge in [-0.25, -0.2) is 4.39 Å². The number of alkyl halides is 3. The molecule has 29 heavy (non-hydrogen) atoms. The number of halogens is 4. The van der Waals surface area contributed by atoms with E-state index >= 15 is 0 Å². The minimum Gasteiger partial charge on any atom is -0.302 e. The van der Waals surface area contributed by atoms with E-state index in [1.807, 2.05) is 37.4 Å². The molecule has 0 aliphatic carbocycles. The van der Waals surface area contributed by atoms with Gasteiger partial charge in [0.2, 0.25) is 0 Å². The van der Waals surface area contributed by atoms with Crippen molar-refractivity contribution < 1.29 is 17.6 Å². The minimum absolute atomic E-state index is 0.0797. The van der Waals surface area contributed by atoms with Crippen molar-refractivity contribution in [3.8, 4) is 11.3 Å². The first-order valence-electron chi connectivity index (χ1n) is 9.30. The molecular formula is C22H19F4N3. The Morgan fingerprint density at radius 2 is 1.76 bits per heavy atom. The summed E-state index contributed by atoms with van der Waals surface area (Å²) in [4.78, 5) is 2.15. The van der Waals surface area contributed by atoms with E-state index in [-0.39, 0.29) is 11.7 Å². The van der Waals surface area contributed by atoms with Crippen LogP contribution in [0.1, 0.15) is 34.7 Å². The largest absolute Gasteiger partial charge is 0.435 e. The van der Waals surface area contributed by atoms with E-state index in [1.54, 1.807) is 6.07 Å². The molecule has 3 aromatic rings. The van der Waals surface area contributed by atoms with Crippen molar-refractivity contribution in [1.29, 1.82) is 0 Å². The first kappa shape index (κ1) is 19.5. The summed E-state index contributed by atoms with van der Waals surface area (Å²) >= 11 is 0. The van der Waals surface area contributed by atoms with Crippen LogP contribution in [-0.4, -0.2) is 28.7 Å². The molecule has 1 unspecified atom stereocenters. The number of rotatable bonds is 2. The van der Waals surface area contributed by atoms with Gasteiger partial charge in [-0.1, -0.05) is 30.3 Å². The molecule has 0 N–H and O–H groups in total. The highest BCUT2D eigenvalue weighted by Gasteiger charge is 2.33. The van der Waals surface area contributed by atoms with E-state index in [0.29, 0.717) is 23.4 Å². The zero-order valence-electron chi connectivity index (χ0n) is 15.7. The quantitative estimate of drug-likeness (QED) is 0.548. The minimum atomic E-state index is -4.52. The van der Waals surface area contributed by atoms with Gasteiger partial charge in [-0.15, -0.1) is 10.2 Å². The van der Waals surface area contributed by atoms with Crippen LogP contribution in [0.3, 0.4) is 0 Å². The van der Waals surface area contributed by atoms with Gasteiger partial charge >= 0.3 is 6.18 Å². The van der Waals surface area contributed by atoms with Crippen LogP contribution in [0, 0.1) is 5.82 Å². The fourth-order valence-corrected chi connectivity index (χ4v) is 3.83. The van der Waals surface area contributed by atoms with Crippen molar-refractivity contribution in [3.05, 3.63) is 82.8 Å². The van der Waals surface area contributed by atoms with Gasteiger partial charge in [0.1, 0.15) is 5.82 Å². The number of benzene rings is 2. The predicted molar refractivity (Wildman–Crippen MR) is 102 cm³/mol. The maximum absolute atomic E-state index is 14.5. The van der Waals surface area contributed by atoms with E-state index in [9.17, 15) is 17.6 Å². The summed E-state index contributed by atoms with van der Waals surface area (Å²) in [5, 5.41) is 7.07. The summed E-state index contributed by atoms with van der Waals surface area (Å²) in [6.07, 6.45) is -3.74. The van der Waals surface area contributed by atoms with E-state index in [1.165, 1.54) is 12.1 Å². The third-order valence-corrected chi connectivity index (χ3v) is 5.29. The fraction of sp³-hybridized carbons (Fsp3) is 0.273. The lowest BCUT2D eigenvalue weighted by Crippen LogP contribution is -2.17. The van der Waals surface area contributed by atoms with Crippen LogP contribution < -0.4 is 0 Å². The molecule has 0 amide bonds. The van der Waals surface area contributed by atoms with Crippen molar-refractivity contribution in [1.82, 2.24) is 15.1 Å². The fourth-order valence-electron chi connectivity index (χ4n) is 3.83. The Balaban J connectivity index is 1.74. The second-order valence-electron chi connectivity index (χ2n) is 7.32. The molecule has 0 radical (unpaired) electrons. The summed E-state index contributed by atoms with van der Waals surface area (Å²) in [6.45, 7) is 1.48. The summed E-state index contributed by atoms with van der Waals surface area (Å²) in [6, 6.07) is 14.7. The second kappa shape index (κ2) is 7.55. The Hall–Kier alpha value is -2.80. The molecule has 4 rings (SSSR count). The molecule has 3 nitrogen and oxygen atoms in total. The molecule has 1 atom stereocenters. The highest BCUT2D eigenvalue weighted by molar-refractivity contribution is 5.61. The van der Waals surface area contributed by atoms with Gasteiger partial charge in [-0.3, -0.25) is 0 Å². The molecule has 1 aliphatic heterocycles. The third kappa shape index (κ3) is 4.00. The molecule has 1 aromatic heterocycles. The van der Waals surface area contributed by atoms with Crippen LogP contribution in [0.25, 0.3) is 11.3 Å². The molecule has 150 valence electrons. The molecule has 0 saturated heterocycles. The van der Waals surface area contributed by atoms with E-state index in [0.717, 1.165) is 30.2 Å². The number of aromatic nitrogens is 2. The summed E-state index contributed by atoms with van der Waals surface area (Å²) in [5.74, 6) is -0.311. The number of nitrogens with zero attached hydrogens (tertiary/aromatic N) is 3. The van der Waals surface area contributed by atoms with Crippen LogP contribution in [0.15, 0.2) is 54.6 Å². The van der Waals surface area contributed by atoms with Crippen molar-refractivity contribution in [2.75, 3.05) is 13.6 Å². The van der Waals surface area contributed by atoms with Gasteiger partial charge in [0.15, 0.2) is 5.69 Å². The van der Waals surface area contributed by atoms with Gasteiger partial charge in [0.25, 0.3) is 0 Å². The third-order valence-electron chi connectivity index (χ3n) is 5.29. The van der Waals surface area contributed by atoms with Crippen LogP contribution in [-0.2, 0) is 12.7 Å². The van der Waals surface area contributed by atoms with Gasteiger partial charge in [0.05, 0.1) is 5.69 Å². The lowest BCUT2D eigenvalue weighted by Gasteiger charge is -2.19. The Bertz CT molecular complexity index is 1020. The van der Waals surface area contributed by atoms with Crippen molar-refractivity contribution in [2.45, 2.75) is 25.1 Å². The topological polar surface area (TPSA) is 29.0 Å². The molecule has 7 heteroatoms. The Morgan fingerprint density at radius 1 is 0.966 bits per heavy atom.